The number of halogens is 1. The zero-order chi connectivity index (χ0) is 12.7. The van der Waals surface area contributed by atoms with Gasteiger partial charge in [-0.05, 0) is 24.9 Å². The van der Waals surface area contributed by atoms with Gasteiger partial charge >= 0.3 is 0 Å². The number of nitrogens with two attached hydrogens (primary N) is 1. The van der Waals surface area contributed by atoms with Gasteiger partial charge in [0.25, 0.3) is 0 Å². The Morgan fingerprint density at radius 3 is 2.65 bits per heavy atom. The fraction of sp³-hybridized carbons (Fsp3) is 0.625. The normalized spacial score (nSPS) is 26.9. The van der Waals surface area contributed by atoms with Gasteiger partial charge in [-0.15, -0.1) is 0 Å². The number of anilines is 2. The van der Waals surface area contributed by atoms with E-state index in [0.717, 1.165) is 0 Å². The molecular weight excluding hydrogens is 266 g/mol. The molecular formula is C8H12ClN5O2S. The van der Waals surface area contributed by atoms with Gasteiger partial charge in [0.1, 0.15) is 0 Å². The van der Waals surface area contributed by atoms with Crippen molar-refractivity contribution >= 4 is 33.3 Å². The van der Waals surface area contributed by atoms with Crippen LogP contribution in [0.25, 0.3) is 0 Å². The van der Waals surface area contributed by atoms with Crippen molar-refractivity contribution in [1.29, 1.82) is 0 Å². The lowest BCUT2D eigenvalue weighted by Gasteiger charge is -2.23. The van der Waals surface area contributed by atoms with Crippen LogP contribution in [0.5, 0.6) is 0 Å². The standard InChI is InChI=1S/C8H12ClN5O2S/c1-8(2-3-17(15,16)4-8)14-7-12-5(9)11-6(10)13-7/h2-4H2,1H3,(H3,10,11,12,13,14). The van der Waals surface area contributed by atoms with E-state index in [1.54, 1.807) is 6.92 Å². The molecule has 1 aliphatic heterocycles. The first-order chi connectivity index (χ1) is 7.78. The summed E-state index contributed by atoms with van der Waals surface area (Å²) in [4.78, 5) is 11.3. The van der Waals surface area contributed by atoms with E-state index in [9.17, 15) is 8.42 Å². The summed E-state index contributed by atoms with van der Waals surface area (Å²) in [6.45, 7) is 1.80. The fourth-order valence-electron chi connectivity index (χ4n) is 1.80. The Bertz CT molecular complexity index is 529. The molecule has 2 heterocycles. The summed E-state index contributed by atoms with van der Waals surface area (Å²) >= 11 is 5.64. The lowest BCUT2D eigenvalue weighted by molar-refractivity contribution is 0.569. The Kier molecular flexibility index (Phi) is 2.86. The lowest BCUT2D eigenvalue weighted by atomic mass is 10.0. The number of nitrogens with one attached hydrogen (secondary N) is 1. The molecule has 17 heavy (non-hydrogen) atoms. The molecule has 94 valence electrons. The summed E-state index contributed by atoms with van der Waals surface area (Å²) < 4.78 is 22.9. The third kappa shape index (κ3) is 2.95. The Morgan fingerprint density at radius 2 is 2.12 bits per heavy atom. The van der Waals surface area contributed by atoms with Gasteiger partial charge in [0, 0.05) is 0 Å². The van der Waals surface area contributed by atoms with Crippen LogP contribution in [0.1, 0.15) is 13.3 Å². The third-order valence-electron chi connectivity index (χ3n) is 2.54. The average molecular weight is 278 g/mol. The van der Waals surface area contributed by atoms with Gasteiger partial charge in [-0.3, -0.25) is 0 Å². The summed E-state index contributed by atoms with van der Waals surface area (Å²) in [6.07, 6.45) is 0.499. The largest absolute Gasteiger partial charge is 0.368 e. The van der Waals surface area contributed by atoms with Gasteiger partial charge in [0.05, 0.1) is 17.0 Å². The van der Waals surface area contributed by atoms with E-state index >= 15 is 0 Å². The van der Waals surface area contributed by atoms with Crippen molar-refractivity contribution in [1.82, 2.24) is 15.0 Å². The van der Waals surface area contributed by atoms with Gasteiger partial charge < -0.3 is 11.1 Å². The summed E-state index contributed by atoms with van der Waals surface area (Å²) in [6, 6.07) is 0. The van der Waals surface area contributed by atoms with Crippen LogP contribution in [0.4, 0.5) is 11.9 Å². The molecule has 1 aromatic rings. The van der Waals surface area contributed by atoms with Crippen LogP contribution >= 0.6 is 11.6 Å². The van der Waals surface area contributed by atoms with Crippen molar-refractivity contribution in [2.75, 3.05) is 22.6 Å². The first kappa shape index (κ1) is 12.3. The van der Waals surface area contributed by atoms with E-state index in [1.165, 1.54) is 0 Å². The molecule has 3 N–H and O–H groups in total. The zero-order valence-corrected chi connectivity index (χ0v) is 10.7. The zero-order valence-electron chi connectivity index (χ0n) is 9.14. The number of rotatable bonds is 2. The quantitative estimate of drug-likeness (QED) is 0.788. The first-order valence-corrected chi connectivity index (χ1v) is 7.14. The molecule has 1 aromatic heterocycles. The molecule has 2 rings (SSSR count). The monoisotopic (exact) mass is 277 g/mol. The highest BCUT2D eigenvalue weighted by Crippen LogP contribution is 2.26. The topological polar surface area (TPSA) is 111 Å². The van der Waals surface area contributed by atoms with Crippen molar-refractivity contribution in [3.63, 3.8) is 0 Å². The number of nitrogens with zero attached hydrogens (tertiary/aromatic N) is 3. The molecule has 0 spiro atoms. The Hall–Kier alpha value is -1.15. The number of hydrogen-bond acceptors (Lipinski definition) is 7. The van der Waals surface area contributed by atoms with E-state index in [4.69, 9.17) is 17.3 Å². The Labute approximate surface area is 104 Å². The Morgan fingerprint density at radius 1 is 1.41 bits per heavy atom. The molecule has 9 heteroatoms. The van der Waals surface area contributed by atoms with Crippen LogP contribution in [0.15, 0.2) is 0 Å². The van der Waals surface area contributed by atoms with E-state index in [-0.39, 0.29) is 28.7 Å². The minimum Gasteiger partial charge on any atom is -0.368 e. The molecule has 1 unspecified atom stereocenters. The van der Waals surface area contributed by atoms with Gasteiger partial charge in [0.15, 0.2) is 9.84 Å². The summed E-state index contributed by atoms with van der Waals surface area (Å²) in [7, 11) is -2.99. The second-order valence-corrected chi connectivity index (χ2v) is 6.84. The summed E-state index contributed by atoms with van der Waals surface area (Å²) in [5.74, 6) is 0.396. The smallest absolute Gasteiger partial charge is 0.229 e. The molecule has 0 aromatic carbocycles. The molecule has 0 bridgehead atoms. The molecule has 7 nitrogen and oxygen atoms in total. The van der Waals surface area contributed by atoms with Crippen LogP contribution < -0.4 is 11.1 Å². The maximum atomic E-state index is 11.4. The second kappa shape index (κ2) is 3.95. The first-order valence-electron chi connectivity index (χ1n) is 4.94. The fourth-order valence-corrected chi connectivity index (χ4v) is 4.06. The van der Waals surface area contributed by atoms with Crippen molar-refractivity contribution in [3.05, 3.63) is 5.28 Å². The lowest BCUT2D eigenvalue weighted by Crippen LogP contribution is -2.36. The predicted octanol–water partition coefficient (Wildman–Crippen LogP) is 0.0963. The van der Waals surface area contributed by atoms with Gasteiger partial charge in [-0.1, -0.05) is 0 Å². The van der Waals surface area contributed by atoms with Crippen LogP contribution in [0, 0.1) is 0 Å². The van der Waals surface area contributed by atoms with Crippen molar-refractivity contribution in [2.24, 2.45) is 0 Å². The number of nitrogen functional groups attached to an aromatic ring is 1. The molecule has 0 saturated carbocycles. The molecule has 1 atom stereocenters. The van der Waals surface area contributed by atoms with Crippen LogP contribution in [-0.2, 0) is 9.84 Å². The summed E-state index contributed by atoms with van der Waals surface area (Å²) in [5, 5.41) is 2.93. The van der Waals surface area contributed by atoms with Crippen molar-refractivity contribution in [3.8, 4) is 0 Å². The molecule has 0 amide bonds. The minimum absolute atomic E-state index is 0.00282. The number of aromatic nitrogens is 3. The van der Waals surface area contributed by atoms with Gasteiger partial charge in [0.2, 0.25) is 17.2 Å². The summed E-state index contributed by atoms with van der Waals surface area (Å²) in [5.41, 5.74) is 4.84. The molecule has 0 aliphatic carbocycles. The minimum atomic E-state index is -2.99. The van der Waals surface area contributed by atoms with E-state index in [0.29, 0.717) is 6.42 Å². The SMILES string of the molecule is CC1(Nc2nc(N)nc(Cl)n2)CCS(=O)(=O)C1. The van der Waals surface area contributed by atoms with Crippen LogP contribution in [-0.4, -0.2) is 40.4 Å². The van der Waals surface area contributed by atoms with E-state index < -0.39 is 15.4 Å². The van der Waals surface area contributed by atoms with Gasteiger partial charge in [-0.25, -0.2) is 8.42 Å². The van der Waals surface area contributed by atoms with Gasteiger partial charge in [-0.2, -0.15) is 15.0 Å². The van der Waals surface area contributed by atoms with Crippen molar-refractivity contribution < 1.29 is 8.42 Å². The van der Waals surface area contributed by atoms with E-state index in [1.807, 2.05) is 0 Å². The highest BCUT2D eigenvalue weighted by atomic mass is 35.5. The Balaban J connectivity index is 2.21. The second-order valence-electron chi connectivity index (χ2n) is 4.31. The maximum absolute atomic E-state index is 11.4. The van der Waals surface area contributed by atoms with E-state index in [2.05, 4.69) is 20.3 Å². The predicted molar refractivity (Wildman–Crippen MR) is 64.5 cm³/mol. The molecule has 1 fully saturated rings. The maximum Gasteiger partial charge on any atom is 0.229 e. The molecule has 1 saturated heterocycles. The third-order valence-corrected chi connectivity index (χ3v) is 4.61. The van der Waals surface area contributed by atoms with Crippen LogP contribution in [0.3, 0.4) is 0 Å². The molecule has 1 aliphatic rings. The highest BCUT2D eigenvalue weighted by molar-refractivity contribution is 7.91. The van der Waals surface area contributed by atoms with Crippen LogP contribution in [0.2, 0.25) is 5.28 Å². The average Bonchev–Trinajstić information content (AvgIpc) is 2.37. The van der Waals surface area contributed by atoms with Crippen molar-refractivity contribution in [2.45, 2.75) is 18.9 Å². The number of sulfone groups is 1. The highest BCUT2D eigenvalue weighted by Gasteiger charge is 2.38. The number of hydrogen-bond donors (Lipinski definition) is 2. The molecule has 0 radical (unpaired) electrons.